The molecular formula is C14H25N3. The van der Waals surface area contributed by atoms with E-state index in [2.05, 4.69) is 24.1 Å². The third-order valence-electron chi connectivity index (χ3n) is 3.69. The first-order valence-corrected chi connectivity index (χ1v) is 7.10. The van der Waals surface area contributed by atoms with E-state index in [1.165, 1.54) is 49.6 Å². The Morgan fingerprint density at radius 3 is 2.65 bits per heavy atom. The predicted molar refractivity (Wildman–Crippen MR) is 71.3 cm³/mol. The largest absolute Gasteiger partial charge is 0.346 e. The molecule has 1 aromatic heterocycles. The first kappa shape index (κ1) is 12.6. The molecule has 1 saturated heterocycles. The lowest BCUT2D eigenvalue weighted by Gasteiger charge is -2.21. The average Bonchev–Trinajstić information content (AvgIpc) is 2.73. The van der Waals surface area contributed by atoms with Crippen molar-refractivity contribution in [3.63, 3.8) is 0 Å². The molecule has 2 heterocycles. The van der Waals surface area contributed by atoms with Gasteiger partial charge in [-0.15, -0.1) is 0 Å². The second-order valence-electron chi connectivity index (χ2n) is 5.11. The second kappa shape index (κ2) is 6.20. The van der Waals surface area contributed by atoms with Crippen LogP contribution in [0.5, 0.6) is 0 Å². The summed E-state index contributed by atoms with van der Waals surface area (Å²) < 4.78 is 0. The number of rotatable bonds is 5. The molecule has 96 valence electrons. The zero-order chi connectivity index (χ0) is 12.1. The third-order valence-corrected chi connectivity index (χ3v) is 3.69. The maximum Gasteiger partial charge on any atom is 0.106 e. The highest BCUT2D eigenvalue weighted by Crippen LogP contribution is 2.18. The Kier molecular flexibility index (Phi) is 4.60. The molecule has 0 saturated carbocycles. The van der Waals surface area contributed by atoms with Gasteiger partial charge in [-0.1, -0.05) is 20.3 Å². The maximum atomic E-state index is 4.77. The highest BCUT2D eigenvalue weighted by molar-refractivity contribution is 5.15. The number of nitrogens with zero attached hydrogens (tertiary/aromatic N) is 1. The Hall–Kier alpha value is -0.830. The second-order valence-corrected chi connectivity index (χ2v) is 5.11. The van der Waals surface area contributed by atoms with E-state index in [9.17, 15) is 0 Å². The van der Waals surface area contributed by atoms with Crippen LogP contribution in [0.15, 0.2) is 0 Å². The summed E-state index contributed by atoms with van der Waals surface area (Å²) in [6.45, 7) is 6.78. The topological polar surface area (TPSA) is 40.7 Å². The summed E-state index contributed by atoms with van der Waals surface area (Å²) in [7, 11) is 0. The van der Waals surface area contributed by atoms with Crippen LogP contribution < -0.4 is 5.32 Å². The first-order valence-electron chi connectivity index (χ1n) is 7.10. The Morgan fingerprint density at radius 2 is 2.00 bits per heavy atom. The van der Waals surface area contributed by atoms with Crippen molar-refractivity contribution in [3.05, 3.63) is 17.2 Å². The summed E-state index contributed by atoms with van der Waals surface area (Å²) in [6.07, 6.45) is 7.12. The molecule has 0 aliphatic carbocycles. The van der Waals surface area contributed by atoms with Crippen LogP contribution in [0.4, 0.5) is 0 Å². The standard InChI is InChI=1S/C14H25N3/c1-3-5-13-12(4-2)16-14(17-13)10-11-6-8-15-9-7-11/h11,15H,3-10H2,1-2H3,(H,16,17). The highest BCUT2D eigenvalue weighted by Gasteiger charge is 2.16. The van der Waals surface area contributed by atoms with E-state index in [4.69, 9.17) is 4.98 Å². The monoisotopic (exact) mass is 235 g/mol. The molecule has 1 aliphatic heterocycles. The molecule has 0 unspecified atom stereocenters. The van der Waals surface area contributed by atoms with E-state index in [1.54, 1.807) is 0 Å². The zero-order valence-corrected chi connectivity index (χ0v) is 11.2. The number of hydrogen-bond donors (Lipinski definition) is 2. The molecule has 0 radical (unpaired) electrons. The van der Waals surface area contributed by atoms with Crippen molar-refractivity contribution in [1.82, 2.24) is 15.3 Å². The van der Waals surface area contributed by atoms with Gasteiger partial charge in [0.15, 0.2) is 0 Å². The van der Waals surface area contributed by atoms with Crippen molar-refractivity contribution < 1.29 is 0 Å². The maximum absolute atomic E-state index is 4.77. The van der Waals surface area contributed by atoms with Gasteiger partial charge in [0.1, 0.15) is 5.82 Å². The number of aryl methyl sites for hydroxylation is 2. The number of hydrogen-bond acceptors (Lipinski definition) is 2. The number of aromatic amines is 1. The first-order chi connectivity index (χ1) is 8.33. The van der Waals surface area contributed by atoms with Crippen LogP contribution in [0.3, 0.4) is 0 Å². The zero-order valence-electron chi connectivity index (χ0n) is 11.2. The van der Waals surface area contributed by atoms with Crippen molar-refractivity contribution in [2.75, 3.05) is 13.1 Å². The van der Waals surface area contributed by atoms with E-state index in [-0.39, 0.29) is 0 Å². The van der Waals surface area contributed by atoms with E-state index >= 15 is 0 Å². The quantitative estimate of drug-likeness (QED) is 0.823. The number of piperidine rings is 1. The molecule has 0 amide bonds. The Labute approximate surface area is 104 Å². The van der Waals surface area contributed by atoms with Crippen molar-refractivity contribution in [2.24, 2.45) is 5.92 Å². The van der Waals surface area contributed by atoms with Crippen molar-refractivity contribution >= 4 is 0 Å². The van der Waals surface area contributed by atoms with Gasteiger partial charge in [0.2, 0.25) is 0 Å². The summed E-state index contributed by atoms with van der Waals surface area (Å²) in [4.78, 5) is 8.31. The smallest absolute Gasteiger partial charge is 0.106 e. The fourth-order valence-corrected chi connectivity index (χ4v) is 2.71. The summed E-state index contributed by atoms with van der Waals surface area (Å²) in [5, 5.41) is 3.42. The molecule has 0 bridgehead atoms. The van der Waals surface area contributed by atoms with Gasteiger partial charge in [-0.25, -0.2) is 4.98 Å². The summed E-state index contributed by atoms with van der Waals surface area (Å²) in [6, 6.07) is 0. The van der Waals surface area contributed by atoms with Gasteiger partial charge in [-0.05, 0) is 44.7 Å². The minimum Gasteiger partial charge on any atom is -0.346 e. The van der Waals surface area contributed by atoms with Crippen LogP contribution in [0.1, 0.15) is 50.3 Å². The molecule has 1 fully saturated rings. The lowest BCUT2D eigenvalue weighted by Crippen LogP contribution is -2.28. The van der Waals surface area contributed by atoms with Crippen LogP contribution in [0, 0.1) is 5.92 Å². The van der Waals surface area contributed by atoms with Gasteiger partial charge >= 0.3 is 0 Å². The highest BCUT2D eigenvalue weighted by atomic mass is 14.9. The number of nitrogens with one attached hydrogen (secondary N) is 2. The lowest BCUT2D eigenvalue weighted by molar-refractivity contribution is 0.368. The molecule has 3 heteroatoms. The van der Waals surface area contributed by atoms with Gasteiger partial charge < -0.3 is 10.3 Å². The SMILES string of the molecule is CCCc1[nH]c(CC2CCNCC2)nc1CC. The predicted octanol–water partition coefficient (Wildman–Crippen LogP) is 2.47. The average molecular weight is 235 g/mol. The molecular weight excluding hydrogens is 210 g/mol. The van der Waals surface area contributed by atoms with Gasteiger partial charge in [-0.2, -0.15) is 0 Å². The van der Waals surface area contributed by atoms with E-state index in [1.807, 2.05) is 0 Å². The Morgan fingerprint density at radius 1 is 1.24 bits per heavy atom. The molecule has 1 aliphatic rings. The van der Waals surface area contributed by atoms with Crippen LogP contribution in [0.25, 0.3) is 0 Å². The minimum absolute atomic E-state index is 0.821. The van der Waals surface area contributed by atoms with Crippen LogP contribution in [0.2, 0.25) is 0 Å². The third kappa shape index (κ3) is 3.32. The van der Waals surface area contributed by atoms with E-state index in [0.29, 0.717) is 0 Å². The van der Waals surface area contributed by atoms with Crippen LogP contribution >= 0.6 is 0 Å². The van der Waals surface area contributed by atoms with E-state index < -0.39 is 0 Å². The Bertz CT molecular complexity index is 337. The Balaban J connectivity index is 1.99. The fourth-order valence-electron chi connectivity index (χ4n) is 2.71. The normalized spacial score (nSPS) is 17.5. The van der Waals surface area contributed by atoms with Gasteiger partial charge in [-0.3, -0.25) is 0 Å². The van der Waals surface area contributed by atoms with Crippen molar-refractivity contribution in [3.8, 4) is 0 Å². The molecule has 17 heavy (non-hydrogen) atoms. The lowest BCUT2D eigenvalue weighted by atomic mass is 9.94. The fraction of sp³-hybridized carbons (Fsp3) is 0.786. The van der Waals surface area contributed by atoms with Crippen molar-refractivity contribution in [2.45, 2.75) is 52.4 Å². The molecule has 2 N–H and O–H groups in total. The van der Waals surface area contributed by atoms with Gasteiger partial charge in [0.25, 0.3) is 0 Å². The van der Waals surface area contributed by atoms with E-state index in [0.717, 1.165) is 25.2 Å². The molecule has 0 atom stereocenters. The number of imidazole rings is 1. The number of H-pyrrole nitrogens is 1. The summed E-state index contributed by atoms with van der Waals surface area (Å²) in [5.41, 5.74) is 2.66. The molecule has 3 nitrogen and oxygen atoms in total. The summed E-state index contributed by atoms with van der Waals surface area (Å²) in [5.74, 6) is 2.04. The number of aromatic nitrogens is 2. The van der Waals surface area contributed by atoms with Crippen LogP contribution in [-0.2, 0) is 19.3 Å². The van der Waals surface area contributed by atoms with Crippen LogP contribution in [-0.4, -0.2) is 23.1 Å². The molecule has 2 rings (SSSR count). The molecule has 1 aromatic rings. The minimum atomic E-state index is 0.821. The van der Waals surface area contributed by atoms with Gasteiger partial charge in [0, 0.05) is 12.1 Å². The molecule has 0 aromatic carbocycles. The molecule has 0 spiro atoms. The van der Waals surface area contributed by atoms with Crippen molar-refractivity contribution in [1.29, 1.82) is 0 Å². The van der Waals surface area contributed by atoms with Gasteiger partial charge in [0.05, 0.1) is 5.69 Å². The summed E-state index contributed by atoms with van der Waals surface area (Å²) >= 11 is 0.